The molecule has 1 saturated carbocycles. The van der Waals surface area contributed by atoms with Crippen molar-refractivity contribution in [2.75, 3.05) is 0 Å². The van der Waals surface area contributed by atoms with Gasteiger partial charge in [0.25, 0.3) is 5.56 Å². The van der Waals surface area contributed by atoms with Gasteiger partial charge in [-0.05, 0) is 37.1 Å². The number of hydrogen-bond acceptors (Lipinski definition) is 4. The van der Waals surface area contributed by atoms with Crippen LogP contribution in [0.25, 0.3) is 16.7 Å². The molecule has 1 aromatic carbocycles. The van der Waals surface area contributed by atoms with Crippen LogP contribution in [-0.2, 0) is 11.3 Å². The van der Waals surface area contributed by atoms with Gasteiger partial charge >= 0.3 is 0 Å². The lowest BCUT2D eigenvalue weighted by atomic mass is 10.2. The third-order valence-electron chi connectivity index (χ3n) is 4.93. The molecule has 0 saturated heterocycles. The summed E-state index contributed by atoms with van der Waals surface area (Å²) in [5.41, 5.74) is 0.771. The maximum atomic E-state index is 13.1. The van der Waals surface area contributed by atoms with Gasteiger partial charge in [-0.15, -0.1) is 0 Å². The molecule has 1 fully saturated rings. The molecule has 2 aromatic heterocycles. The monoisotopic (exact) mass is 369 g/mol. The molecular weight excluding hydrogens is 349 g/mol. The number of amides is 1. The van der Waals surface area contributed by atoms with Crippen molar-refractivity contribution in [2.45, 2.75) is 44.7 Å². The van der Waals surface area contributed by atoms with Crippen LogP contribution in [-0.4, -0.2) is 31.3 Å². The standard InChI is InChI=1S/C19H20FN5O2/c20-13-5-7-15(8-6-13)25-18-16(11-22-25)19(27)24(12-21-18)10-9-17(26)23-14-3-1-2-4-14/h5-8,11-12,14H,1-4,9-10H2,(H,23,26). The van der Waals surface area contributed by atoms with Crippen molar-refractivity contribution in [3.63, 3.8) is 0 Å². The lowest BCUT2D eigenvalue weighted by Crippen LogP contribution is -2.34. The minimum absolute atomic E-state index is 0.0455. The second kappa shape index (κ2) is 7.30. The van der Waals surface area contributed by atoms with Crippen molar-refractivity contribution in [1.29, 1.82) is 0 Å². The molecule has 0 unspecified atom stereocenters. The van der Waals surface area contributed by atoms with E-state index < -0.39 is 0 Å². The van der Waals surface area contributed by atoms with Gasteiger partial charge in [0.15, 0.2) is 5.65 Å². The first-order chi connectivity index (χ1) is 13.1. The van der Waals surface area contributed by atoms with Gasteiger partial charge in [-0.25, -0.2) is 14.1 Å². The Balaban J connectivity index is 1.51. The van der Waals surface area contributed by atoms with Gasteiger partial charge in [0.05, 0.1) is 18.2 Å². The molecule has 1 aliphatic rings. The number of nitrogens with zero attached hydrogens (tertiary/aromatic N) is 4. The van der Waals surface area contributed by atoms with E-state index in [0.717, 1.165) is 25.7 Å². The Kier molecular flexibility index (Phi) is 4.70. The summed E-state index contributed by atoms with van der Waals surface area (Å²) < 4.78 is 16.0. The number of hydrogen-bond donors (Lipinski definition) is 1. The summed E-state index contributed by atoms with van der Waals surface area (Å²) in [4.78, 5) is 29.1. The van der Waals surface area contributed by atoms with Crippen molar-refractivity contribution in [2.24, 2.45) is 0 Å². The number of halogens is 1. The second-order valence-electron chi connectivity index (χ2n) is 6.81. The Bertz CT molecular complexity index is 1020. The van der Waals surface area contributed by atoms with E-state index in [-0.39, 0.29) is 36.3 Å². The Morgan fingerprint density at radius 3 is 2.70 bits per heavy atom. The average molecular weight is 369 g/mol. The summed E-state index contributed by atoms with van der Waals surface area (Å²) in [7, 11) is 0. The zero-order valence-corrected chi connectivity index (χ0v) is 14.8. The molecule has 27 heavy (non-hydrogen) atoms. The highest BCUT2D eigenvalue weighted by molar-refractivity contribution is 5.76. The van der Waals surface area contributed by atoms with Crippen LogP contribution >= 0.6 is 0 Å². The summed E-state index contributed by atoms with van der Waals surface area (Å²) in [6.07, 6.45) is 7.48. The summed E-state index contributed by atoms with van der Waals surface area (Å²) in [5.74, 6) is -0.391. The van der Waals surface area contributed by atoms with Crippen molar-refractivity contribution in [3.8, 4) is 5.69 Å². The number of fused-ring (bicyclic) bond motifs is 1. The molecule has 0 spiro atoms. The minimum atomic E-state index is -0.346. The smallest absolute Gasteiger partial charge is 0.264 e. The third-order valence-corrected chi connectivity index (χ3v) is 4.93. The maximum absolute atomic E-state index is 13.1. The first-order valence-electron chi connectivity index (χ1n) is 9.10. The zero-order chi connectivity index (χ0) is 18.8. The molecule has 1 N–H and O–H groups in total. The number of benzene rings is 1. The largest absolute Gasteiger partial charge is 0.353 e. The average Bonchev–Trinajstić information content (AvgIpc) is 3.32. The molecule has 4 rings (SSSR count). The highest BCUT2D eigenvalue weighted by Crippen LogP contribution is 2.17. The van der Waals surface area contributed by atoms with Crippen molar-refractivity contribution in [3.05, 3.63) is 53.0 Å². The molecule has 2 heterocycles. The number of aryl methyl sites for hydroxylation is 1. The molecule has 0 aliphatic heterocycles. The fourth-order valence-corrected chi connectivity index (χ4v) is 3.47. The normalized spacial score (nSPS) is 14.7. The van der Waals surface area contributed by atoms with Gasteiger partial charge in [-0.1, -0.05) is 12.8 Å². The van der Waals surface area contributed by atoms with Crippen LogP contribution in [0, 0.1) is 5.82 Å². The summed E-state index contributed by atoms with van der Waals surface area (Å²) >= 11 is 0. The first kappa shape index (κ1) is 17.4. The van der Waals surface area contributed by atoms with Gasteiger partial charge in [0.2, 0.25) is 5.91 Å². The second-order valence-corrected chi connectivity index (χ2v) is 6.81. The Morgan fingerprint density at radius 2 is 1.96 bits per heavy atom. The molecule has 140 valence electrons. The molecule has 0 bridgehead atoms. The number of carbonyl (C=O) groups is 1. The molecule has 7 nitrogen and oxygen atoms in total. The topological polar surface area (TPSA) is 81.8 Å². The van der Waals surface area contributed by atoms with Crippen molar-refractivity contribution < 1.29 is 9.18 Å². The van der Waals surface area contributed by atoms with Crippen LogP contribution in [0.3, 0.4) is 0 Å². The van der Waals surface area contributed by atoms with Crippen molar-refractivity contribution in [1.82, 2.24) is 24.6 Å². The summed E-state index contributed by atoms with van der Waals surface area (Å²) in [6, 6.07) is 6.06. The van der Waals surface area contributed by atoms with E-state index in [4.69, 9.17) is 0 Å². The van der Waals surface area contributed by atoms with Gasteiger partial charge in [0.1, 0.15) is 11.2 Å². The third kappa shape index (κ3) is 3.60. The SMILES string of the molecule is O=C(CCn1cnc2c(cnn2-c2ccc(F)cc2)c1=O)NC1CCCC1. The zero-order valence-electron chi connectivity index (χ0n) is 14.8. The lowest BCUT2D eigenvalue weighted by molar-refractivity contribution is -0.122. The number of rotatable bonds is 5. The van der Waals surface area contributed by atoms with E-state index in [1.54, 1.807) is 12.1 Å². The fraction of sp³-hybridized carbons (Fsp3) is 0.368. The summed E-state index contributed by atoms with van der Waals surface area (Å²) in [5, 5.41) is 7.57. The quantitative estimate of drug-likeness (QED) is 0.747. The number of carbonyl (C=O) groups excluding carboxylic acids is 1. The van der Waals surface area contributed by atoms with E-state index in [1.807, 2.05) is 0 Å². The number of nitrogens with one attached hydrogen (secondary N) is 1. The fourth-order valence-electron chi connectivity index (χ4n) is 3.47. The van der Waals surface area contributed by atoms with Crippen LogP contribution in [0.1, 0.15) is 32.1 Å². The van der Waals surface area contributed by atoms with E-state index in [2.05, 4.69) is 15.4 Å². The van der Waals surface area contributed by atoms with Gasteiger partial charge in [-0.3, -0.25) is 14.2 Å². The molecular formula is C19H20FN5O2. The number of aromatic nitrogens is 4. The van der Waals surface area contributed by atoms with E-state index in [1.165, 1.54) is 33.9 Å². The predicted octanol–water partition coefficient (Wildman–Crippen LogP) is 2.17. The highest BCUT2D eigenvalue weighted by Gasteiger charge is 2.17. The molecule has 1 aliphatic carbocycles. The minimum Gasteiger partial charge on any atom is -0.353 e. The van der Waals surface area contributed by atoms with Crippen molar-refractivity contribution >= 4 is 16.9 Å². The van der Waals surface area contributed by atoms with E-state index in [9.17, 15) is 14.0 Å². The molecule has 0 radical (unpaired) electrons. The first-order valence-corrected chi connectivity index (χ1v) is 9.10. The Morgan fingerprint density at radius 1 is 1.22 bits per heavy atom. The molecule has 0 atom stereocenters. The van der Waals surface area contributed by atoms with Gasteiger partial charge in [0, 0.05) is 19.0 Å². The van der Waals surface area contributed by atoms with E-state index >= 15 is 0 Å². The van der Waals surface area contributed by atoms with Gasteiger partial charge < -0.3 is 5.32 Å². The lowest BCUT2D eigenvalue weighted by Gasteiger charge is -2.12. The summed E-state index contributed by atoms with van der Waals surface area (Å²) in [6.45, 7) is 0.266. The molecule has 3 aromatic rings. The van der Waals surface area contributed by atoms with E-state index in [0.29, 0.717) is 16.7 Å². The maximum Gasteiger partial charge on any atom is 0.264 e. The highest BCUT2D eigenvalue weighted by atomic mass is 19.1. The van der Waals surface area contributed by atoms with Gasteiger partial charge in [-0.2, -0.15) is 5.10 Å². The van der Waals surface area contributed by atoms with Crippen LogP contribution in [0.2, 0.25) is 0 Å². The van der Waals surface area contributed by atoms with Crippen LogP contribution in [0.15, 0.2) is 41.6 Å². The molecule has 8 heteroatoms. The Labute approximate surface area is 154 Å². The molecule has 1 amide bonds. The Hall–Kier alpha value is -3.03. The predicted molar refractivity (Wildman–Crippen MR) is 98.1 cm³/mol. The van der Waals surface area contributed by atoms with Crippen LogP contribution in [0.4, 0.5) is 4.39 Å². The van der Waals surface area contributed by atoms with Crippen LogP contribution < -0.4 is 10.9 Å². The van der Waals surface area contributed by atoms with Crippen LogP contribution in [0.5, 0.6) is 0 Å².